The van der Waals surface area contributed by atoms with Crippen LogP contribution < -0.4 is 9.62 Å². The van der Waals surface area contributed by atoms with E-state index in [9.17, 15) is 13.2 Å². The van der Waals surface area contributed by atoms with E-state index in [0.29, 0.717) is 5.69 Å². The molecule has 6 heteroatoms. The fourth-order valence-corrected chi connectivity index (χ4v) is 4.12. The summed E-state index contributed by atoms with van der Waals surface area (Å²) in [4.78, 5) is 12.4. The first-order valence-electron chi connectivity index (χ1n) is 8.62. The third-order valence-electron chi connectivity index (χ3n) is 4.75. The number of aryl methyl sites for hydroxylation is 1. The standard InChI is InChI=1S/C18H28N2O3S/c1-14-9-8-12-17(15(14)2)20(24(3,22)23)13-18(21)19-16-10-6-4-5-7-11-16/h8-9,12,16H,4-7,10-11,13H2,1-3H3,(H,19,21). The number of carbonyl (C=O) groups excluding carboxylic acids is 1. The lowest BCUT2D eigenvalue weighted by molar-refractivity contribution is -0.120. The SMILES string of the molecule is Cc1cccc(N(CC(=O)NC2CCCCCC2)S(C)(=O)=O)c1C. The van der Waals surface area contributed by atoms with Crippen LogP contribution in [0.15, 0.2) is 18.2 Å². The van der Waals surface area contributed by atoms with Crippen LogP contribution in [0.3, 0.4) is 0 Å². The Kier molecular flexibility index (Phi) is 6.27. The molecule has 0 aliphatic heterocycles. The summed E-state index contributed by atoms with van der Waals surface area (Å²) in [6.45, 7) is 3.65. The summed E-state index contributed by atoms with van der Waals surface area (Å²) in [6, 6.07) is 5.67. The van der Waals surface area contributed by atoms with E-state index in [4.69, 9.17) is 0 Å². The number of benzene rings is 1. The second-order valence-corrected chi connectivity index (χ2v) is 8.65. The van der Waals surface area contributed by atoms with Gasteiger partial charge in [0.25, 0.3) is 0 Å². The number of hydrogen-bond acceptors (Lipinski definition) is 3. The first-order valence-corrected chi connectivity index (χ1v) is 10.5. The fraction of sp³-hybridized carbons (Fsp3) is 0.611. The number of anilines is 1. The fourth-order valence-electron chi connectivity index (χ4n) is 3.21. The first kappa shape index (κ1) is 18.8. The summed E-state index contributed by atoms with van der Waals surface area (Å²) in [5.74, 6) is -0.228. The van der Waals surface area contributed by atoms with Gasteiger partial charge in [-0.25, -0.2) is 8.42 Å². The molecule has 2 rings (SSSR count). The number of rotatable bonds is 5. The Morgan fingerprint density at radius 1 is 1.17 bits per heavy atom. The molecular weight excluding hydrogens is 324 g/mol. The van der Waals surface area contributed by atoms with Crippen molar-refractivity contribution in [2.24, 2.45) is 0 Å². The summed E-state index contributed by atoms with van der Waals surface area (Å²) in [5.41, 5.74) is 2.46. The van der Waals surface area contributed by atoms with Crippen LogP contribution in [0.4, 0.5) is 5.69 Å². The van der Waals surface area contributed by atoms with Crippen molar-refractivity contribution < 1.29 is 13.2 Å². The van der Waals surface area contributed by atoms with E-state index in [0.717, 1.165) is 43.1 Å². The molecule has 0 radical (unpaired) electrons. The van der Waals surface area contributed by atoms with Crippen molar-refractivity contribution in [2.45, 2.75) is 58.4 Å². The molecule has 5 nitrogen and oxygen atoms in total. The van der Waals surface area contributed by atoms with E-state index >= 15 is 0 Å². The Bertz CT molecular complexity index is 678. The van der Waals surface area contributed by atoms with Crippen molar-refractivity contribution in [3.05, 3.63) is 29.3 Å². The Morgan fingerprint density at radius 2 is 1.79 bits per heavy atom. The van der Waals surface area contributed by atoms with E-state index < -0.39 is 10.0 Å². The van der Waals surface area contributed by atoms with E-state index in [1.54, 1.807) is 6.07 Å². The maximum Gasteiger partial charge on any atom is 0.240 e. The van der Waals surface area contributed by atoms with Crippen molar-refractivity contribution >= 4 is 21.6 Å². The van der Waals surface area contributed by atoms with Gasteiger partial charge in [-0.15, -0.1) is 0 Å². The van der Waals surface area contributed by atoms with Gasteiger partial charge in [-0.2, -0.15) is 0 Å². The lowest BCUT2D eigenvalue weighted by Crippen LogP contribution is -2.44. The van der Waals surface area contributed by atoms with Crippen LogP contribution in [0.1, 0.15) is 49.7 Å². The van der Waals surface area contributed by atoms with Gasteiger partial charge < -0.3 is 5.32 Å². The molecule has 0 bridgehead atoms. The Labute approximate surface area is 145 Å². The molecule has 1 aliphatic carbocycles. The van der Waals surface area contributed by atoms with E-state index in [-0.39, 0.29) is 18.5 Å². The molecule has 1 aromatic carbocycles. The van der Waals surface area contributed by atoms with Gasteiger partial charge in [0.05, 0.1) is 11.9 Å². The lowest BCUT2D eigenvalue weighted by atomic mass is 10.1. The van der Waals surface area contributed by atoms with Crippen LogP contribution in [-0.2, 0) is 14.8 Å². The Balaban J connectivity index is 2.14. The molecule has 0 spiro atoms. The zero-order valence-electron chi connectivity index (χ0n) is 14.8. The van der Waals surface area contributed by atoms with Crippen LogP contribution in [0.25, 0.3) is 0 Å². The van der Waals surface area contributed by atoms with Crippen molar-refractivity contribution in [1.82, 2.24) is 5.32 Å². The van der Waals surface area contributed by atoms with E-state index in [2.05, 4.69) is 5.32 Å². The van der Waals surface area contributed by atoms with Crippen molar-refractivity contribution in [2.75, 3.05) is 17.1 Å². The number of amides is 1. The normalized spacial score (nSPS) is 16.5. The summed E-state index contributed by atoms with van der Waals surface area (Å²) in [5, 5.41) is 3.02. The van der Waals surface area contributed by atoms with E-state index in [1.165, 1.54) is 17.1 Å². The molecule has 1 fully saturated rings. The second-order valence-electron chi connectivity index (χ2n) is 6.74. The molecule has 134 valence electrons. The van der Waals surface area contributed by atoms with Crippen molar-refractivity contribution in [1.29, 1.82) is 0 Å². The topological polar surface area (TPSA) is 66.5 Å². The quantitative estimate of drug-likeness (QED) is 0.829. The molecule has 24 heavy (non-hydrogen) atoms. The highest BCUT2D eigenvalue weighted by atomic mass is 32.2. The Morgan fingerprint density at radius 3 is 2.38 bits per heavy atom. The molecule has 0 aromatic heterocycles. The summed E-state index contributed by atoms with van der Waals surface area (Å²) < 4.78 is 25.7. The maximum atomic E-state index is 12.4. The highest BCUT2D eigenvalue weighted by Gasteiger charge is 2.24. The molecule has 1 N–H and O–H groups in total. The van der Waals surface area contributed by atoms with Gasteiger partial charge in [0.2, 0.25) is 15.9 Å². The van der Waals surface area contributed by atoms with Gasteiger partial charge in [-0.3, -0.25) is 9.10 Å². The zero-order valence-corrected chi connectivity index (χ0v) is 15.7. The third kappa shape index (κ3) is 4.97. The zero-order chi connectivity index (χ0) is 17.7. The second kappa shape index (κ2) is 8.01. The highest BCUT2D eigenvalue weighted by molar-refractivity contribution is 7.92. The minimum absolute atomic E-state index is 0.167. The molecule has 1 saturated carbocycles. The monoisotopic (exact) mass is 352 g/mol. The van der Waals surface area contributed by atoms with E-state index in [1.807, 2.05) is 26.0 Å². The molecule has 1 aromatic rings. The number of hydrogen-bond donors (Lipinski definition) is 1. The van der Waals surface area contributed by atoms with Crippen molar-refractivity contribution in [3.63, 3.8) is 0 Å². The number of nitrogens with one attached hydrogen (secondary N) is 1. The Hall–Kier alpha value is -1.56. The number of carbonyl (C=O) groups is 1. The average Bonchev–Trinajstić information content (AvgIpc) is 2.75. The van der Waals surface area contributed by atoms with Gasteiger partial charge in [0.1, 0.15) is 6.54 Å². The molecule has 1 aliphatic rings. The van der Waals surface area contributed by atoms with Crippen LogP contribution in [0, 0.1) is 13.8 Å². The van der Waals surface area contributed by atoms with Crippen LogP contribution >= 0.6 is 0 Å². The minimum Gasteiger partial charge on any atom is -0.352 e. The predicted octanol–water partition coefficient (Wildman–Crippen LogP) is 2.91. The average molecular weight is 353 g/mol. The molecule has 0 heterocycles. The van der Waals surface area contributed by atoms with Gasteiger partial charge in [0.15, 0.2) is 0 Å². The molecule has 1 amide bonds. The van der Waals surface area contributed by atoms with Crippen LogP contribution in [0.5, 0.6) is 0 Å². The summed E-state index contributed by atoms with van der Waals surface area (Å²) in [6.07, 6.45) is 7.78. The number of nitrogens with zero attached hydrogens (tertiary/aromatic N) is 1. The van der Waals surface area contributed by atoms with Crippen molar-refractivity contribution in [3.8, 4) is 0 Å². The van der Waals surface area contributed by atoms with Gasteiger partial charge in [-0.1, -0.05) is 37.8 Å². The molecule has 0 atom stereocenters. The molecule has 0 unspecified atom stereocenters. The van der Waals surface area contributed by atoms with Crippen LogP contribution in [0.2, 0.25) is 0 Å². The van der Waals surface area contributed by atoms with Gasteiger partial charge in [0, 0.05) is 6.04 Å². The van der Waals surface area contributed by atoms with Gasteiger partial charge >= 0.3 is 0 Å². The lowest BCUT2D eigenvalue weighted by Gasteiger charge is -2.25. The predicted molar refractivity (Wildman–Crippen MR) is 97.7 cm³/mol. The van der Waals surface area contributed by atoms with Gasteiger partial charge in [-0.05, 0) is 43.9 Å². The van der Waals surface area contributed by atoms with Crippen LogP contribution in [-0.4, -0.2) is 33.2 Å². The summed E-state index contributed by atoms with van der Waals surface area (Å²) >= 11 is 0. The number of sulfonamides is 1. The third-order valence-corrected chi connectivity index (χ3v) is 5.88. The maximum absolute atomic E-state index is 12.4. The minimum atomic E-state index is -3.53. The largest absolute Gasteiger partial charge is 0.352 e. The molecular formula is C18H28N2O3S. The first-order chi connectivity index (χ1) is 11.3. The molecule has 0 saturated heterocycles. The smallest absolute Gasteiger partial charge is 0.240 e. The summed E-state index contributed by atoms with van der Waals surface area (Å²) in [7, 11) is -3.53. The highest BCUT2D eigenvalue weighted by Crippen LogP contribution is 2.25.